The summed E-state index contributed by atoms with van der Waals surface area (Å²) >= 11 is 5.60. The lowest BCUT2D eigenvalue weighted by atomic mass is 10.1. The first-order valence-electron chi connectivity index (χ1n) is 7.27. The number of alkyl halides is 3. The molecule has 25 heavy (non-hydrogen) atoms. The molecule has 0 bridgehead atoms. The highest BCUT2D eigenvalue weighted by molar-refractivity contribution is 6.28. The van der Waals surface area contributed by atoms with E-state index in [0.717, 1.165) is 16.8 Å². The van der Waals surface area contributed by atoms with Crippen LogP contribution in [-0.4, -0.2) is 15.0 Å². The summed E-state index contributed by atoms with van der Waals surface area (Å²) < 4.78 is 38.9. The Morgan fingerprint density at radius 2 is 1.76 bits per heavy atom. The smallest absolute Gasteiger partial charge is 0.365 e. The Balaban J connectivity index is 1.75. The van der Waals surface area contributed by atoms with Crippen LogP contribution in [0.1, 0.15) is 11.1 Å². The number of pyridine rings is 1. The fourth-order valence-electron chi connectivity index (χ4n) is 2.22. The van der Waals surface area contributed by atoms with Crippen LogP contribution in [-0.2, 0) is 12.7 Å². The van der Waals surface area contributed by atoms with Crippen molar-refractivity contribution in [1.29, 1.82) is 0 Å². The molecule has 0 aliphatic heterocycles. The maximum Gasteiger partial charge on any atom is 0.421 e. The number of hydrogen-bond donors (Lipinski definition) is 1. The molecule has 1 N–H and O–H groups in total. The van der Waals surface area contributed by atoms with Crippen molar-refractivity contribution in [2.24, 2.45) is 0 Å². The summed E-state index contributed by atoms with van der Waals surface area (Å²) in [6.07, 6.45) is -2.19. The number of nitrogens with one attached hydrogen (secondary N) is 1. The lowest BCUT2D eigenvalue weighted by Crippen LogP contribution is -2.13. The number of nitrogens with zero attached hydrogens (tertiary/aromatic N) is 3. The minimum atomic E-state index is -4.56. The molecule has 4 nitrogen and oxygen atoms in total. The predicted octanol–water partition coefficient (Wildman–Crippen LogP) is 4.82. The van der Waals surface area contributed by atoms with E-state index in [2.05, 4.69) is 20.3 Å². The molecule has 0 fully saturated rings. The molecular weight excluding hydrogens is 353 g/mol. The fraction of sp³-hybridized carbons (Fsp3) is 0.118. The van der Waals surface area contributed by atoms with Crippen molar-refractivity contribution in [2.75, 3.05) is 5.32 Å². The highest BCUT2D eigenvalue weighted by Gasteiger charge is 2.35. The average molecular weight is 365 g/mol. The molecule has 0 amide bonds. The molecule has 3 rings (SSSR count). The molecule has 0 aliphatic carbocycles. The number of hydrogen-bond acceptors (Lipinski definition) is 4. The Hall–Kier alpha value is -2.67. The maximum atomic E-state index is 13.0. The van der Waals surface area contributed by atoms with E-state index in [-0.39, 0.29) is 17.6 Å². The minimum absolute atomic E-state index is 0.166. The normalized spacial score (nSPS) is 11.4. The van der Waals surface area contributed by atoms with Crippen molar-refractivity contribution in [3.8, 4) is 11.3 Å². The quantitative estimate of drug-likeness (QED) is 0.674. The third kappa shape index (κ3) is 4.24. The summed E-state index contributed by atoms with van der Waals surface area (Å²) in [5, 5.41) is 2.42. The van der Waals surface area contributed by atoms with Crippen molar-refractivity contribution in [2.45, 2.75) is 12.7 Å². The third-order valence-corrected chi connectivity index (χ3v) is 3.62. The zero-order valence-electron chi connectivity index (χ0n) is 12.8. The van der Waals surface area contributed by atoms with E-state index in [9.17, 15) is 13.2 Å². The van der Waals surface area contributed by atoms with Crippen LogP contribution in [0.5, 0.6) is 0 Å². The van der Waals surface area contributed by atoms with E-state index < -0.39 is 11.7 Å². The van der Waals surface area contributed by atoms with Gasteiger partial charge in [-0.1, -0.05) is 30.3 Å². The minimum Gasteiger partial charge on any atom is -0.365 e. The van der Waals surface area contributed by atoms with Gasteiger partial charge in [0.2, 0.25) is 5.28 Å². The highest BCUT2D eigenvalue weighted by atomic mass is 35.5. The van der Waals surface area contributed by atoms with E-state index in [1.807, 2.05) is 42.5 Å². The first kappa shape index (κ1) is 17.2. The fourth-order valence-corrected chi connectivity index (χ4v) is 2.35. The molecule has 0 atom stereocenters. The predicted molar refractivity (Wildman–Crippen MR) is 89.0 cm³/mol. The zero-order chi connectivity index (χ0) is 17.9. The summed E-state index contributed by atoms with van der Waals surface area (Å²) in [6, 6.07) is 12.9. The Labute approximate surface area is 146 Å². The van der Waals surface area contributed by atoms with Crippen LogP contribution in [0.3, 0.4) is 0 Å². The Morgan fingerprint density at radius 1 is 1.00 bits per heavy atom. The van der Waals surface area contributed by atoms with Crippen LogP contribution in [0.25, 0.3) is 11.3 Å². The summed E-state index contributed by atoms with van der Waals surface area (Å²) in [6.45, 7) is 0.166. The van der Waals surface area contributed by atoms with Gasteiger partial charge in [-0.2, -0.15) is 13.2 Å². The molecule has 3 aromatic rings. The number of halogens is 4. The van der Waals surface area contributed by atoms with Gasteiger partial charge in [-0.15, -0.1) is 0 Å². The second kappa shape index (κ2) is 7.06. The van der Waals surface area contributed by atoms with Gasteiger partial charge in [0, 0.05) is 24.5 Å². The van der Waals surface area contributed by atoms with Crippen LogP contribution in [0.2, 0.25) is 5.28 Å². The summed E-state index contributed by atoms with van der Waals surface area (Å²) in [7, 11) is 0. The molecule has 2 heterocycles. The molecule has 0 saturated carbocycles. The third-order valence-electron chi connectivity index (χ3n) is 3.44. The van der Waals surface area contributed by atoms with Crippen molar-refractivity contribution < 1.29 is 13.2 Å². The topological polar surface area (TPSA) is 50.7 Å². The van der Waals surface area contributed by atoms with Gasteiger partial charge in [0.25, 0.3) is 0 Å². The number of benzene rings is 1. The second-order valence-electron chi connectivity index (χ2n) is 5.16. The van der Waals surface area contributed by atoms with Crippen LogP contribution < -0.4 is 5.32 Å². The van der Waals surface area contributed by atoms with Gasteiger partial charge < -0.3 is 5.32 Å². The lowest BCUT2D eigenvalue weighted by Gasteiger charge is -2.13. The molecule has 0 saturated heterocycles. The van der Waals surface area contributed by atoms with E-state index in [1.165, 1.54) is 0 Å². The molecule has 128 valence electrons. The molecule has 0 unspecified atom stereocenters. The van der Waals surface area contributed by atoms with E-state index in [1.54, 1.807) is 6.20 Å². The average Bonchev–Trinajstić information content (AvgIpc) is 2.60. The molecule has 1 aromatic carbocycles. The highest BCUT2D eigenvalue weighted by Crippen LogP contribution is 2.34. The van der Waals surface area contributed by atoms with Gasteiger partial charge >= 0.3 is 6.18 Å². The van der Waals surface area contributed by atoms with Crippen LogP contribution in [0.15, 0.2) is 54.9 Å². The van der Waals surface area contributed by atoms with Gasteiger partial charge in [0.1, 0.15) is 11.4 Å². The number of aromatic nitrogens is 3. The van der Waals surface area contributed by atoms with Crippen LogP contribution >= 0.6 is 11.6 Å². The Bertz CT molecular complexity index is 852. The summed E-state index contributed by atoms with van der Waals surface area (Å²) in [5.74, 6) is -0.346. The van der Waals surface area contributed by atoms with E-state index in [4.69, 9.17) is 11.6 Å². The Kier molecular flexibility index (Phi) is 4.85. The molecule has 8 heteroatoms. The molecular formula is C17H12ClF3N4. The van der Waals surface area contributed by atoms with Gasteiger partial charge in [-0.05, 0) is 29.3 Å². The monoisotopic (exact) mass is 364 g/mol. The molecule has 2 aromatic heterocycles. The Morgan fingerprint density at radius 3 is 2.40 bits per heavy atom. The first-order valence-corrected chi connectivity index (χ1v) is 7.65. The van der Waals surface area contributed by atoms with E-state index in [0.29, 0.717) is 6.20 Å². The zero-order valence-corrected chi connectivity index (χ0v) is 13.5. The number of rotatable bonds is 4. The van der Waals surface area contributed by atoms with Gasteiger partial charge in [0.15, 0.2) is 0 Å². The first-order chi connectivity index (χ1) is 11.9. The summed E-state index contributed by atoms with van der Waals surface area (Å²) in [5.41, 5.74) is 1.58. The van der Waals surface area contributed by atoms with Gasteiger partial charge in [0.05, 0.1) is 5.69 Å². The van der Waals surface area contributed by atoms with Gasteiger partial charge in [-0.3, -0.25) is 4.98 Å². The van der Waals surface area contributed by atoms with Crippen molar-refractivity contribution in [3.05, 3.63) is 71.3 Å². The molecule has 0 aliphatic rings. The standard InChI is InChI=1S/C17H12ClF3N4/c18-16-24-10-13(17(19,20)21)15(25-16)23-9-11-4-6-12(7-5-11)14-3-1-2-8-22-14/h1-8,10H,9H2,(H,23,24,25). The largest absolute Gasteiger partial charge is 0.421 e. The maximum absolute atomic E-state index is 13.0. The number of anilines is 1. The summed E-state index contributed by atoms with van der Waals surface area (Å²) in [4.78, 5) is 11.3. The van der Waals surface area contributed by atoms with E-state index >= 15 is 0 Å². The van der Waals surface area contributed by atoms with Crippen molar-refractivity contribution in [1.82, 2.24) is 15.0 Å². The molecule has 0 radical (unpaired) electrons. The van der Waals surface area contributed by atoms with Crippen molar-refractivity contribution in [3.63, 3.8) is 0 Å². The molecule has 0 spiro atoms. The lowest BCUT2D eigenvalue weighted by molar-refractivity contribution is -0.137. The SMILES string of the molecule is FC(F)(F)c1cnc(Cl)nc1NCc1ccc(-c2ccccn2)cc1. The van der Waals surface area contributed by atoms with Crippen LogP contribution in [0.4, 0.5) is 19.0 Å². The van der Waals surface area contributed by atoms with Gasteiger partial charge in [-0.25, -0.2) is 9.97 Å². The van der Waals surface area contributed by atoms with Crippen molar-refractivity contribution >= 4 is 17.4 Å². The second-order valence-corrected chi connectivity index (χ2v) is 5.50. The van der Waals surface area contributed by atoms with Crippen LogP contribution in [0, 0.1) is 0 Å².